The predicted octanol–water partition coefficient (Wildman–Crippen LogP) is 4.35. The number of allylic oxidation sites excluding steroid dienone is 2. The molecule has 0 aliphatic heterocycles. The summed E-state index contributed by atoms with van der Waals surface area (Å²) in [5, 5.41) is 9.35. The van der Waals surface area contributed by atoms with E-state index in [1.54, 1.807) is 0 Å². The molecule has 1 nitrogen and oxygen atoms in total. The smallest absolute Gasteiger partial charge is 0.0883 e. The van der Waals surface area contributed by atoms with E-state index in [1.807, 2.05) is 6.08 Å². The second kappa shape index (κ2) is 5.20. The highest BCUT2D eigenvalue weighted by Gasteiger charge is 2.15. The van der Waals surface area contributed by atoms with Gasteiger partial charge in [-0.05, 0) is 42.4 Å². The van der Waals surface area contributed by atoms with Gasteiger partial charge in [0, 0.05) is 6.42 Å². The van der Waals surface area contributed by atoms with Gasteiger partial charge in [0.2, 0.25) is 0 Å². The van der Waals surface area contributed by atoms with Crippen molar-refractivity contribution in [2.75, 3.05) is 0 Å². The number of hydrogen-bond donors (Lipinski definition) is 1. The summed E-state index contributed by atoms with van der Waals surface area (Å²) >= 11 is 0. The highest BCUT2D eigenvalue weighted by atomic mass is 16.3. The fraction of sp³-hybridized carbons (Fsp3) is 0.467. The summed E-state index contributed by atoms with van der Waals surface area (Å²) in [6, 6.07) is 9.01. The van der Waals surface area contributed by atoms with Gasteiger partial charge in [0.1, 0.15) is 0 Å². The maximum atomic E-state index is 9.35. The van der Waals surface area contributed by atoms with Crippen LogP contribution in [0.1, 0.15) is 49.7 Å². The molecule has 86 valence electrons. The summed E-state index contributed by atoms with van der Waals surface area (Å²) in [7, 11) is 0. The average Bonchev–Trinajstić information content (AvgIpc) is 2.32. The van der Waals surface area contributed by atoms with Crippen molar-refractivity contribution in [1.29, 1.82) is 0 Å². The van der Waals surface area contributed by atoms with E-state index in [9.17, 15) is 5.11 Å². The van der Waals surface area contributed by atoms with E-state index in [2.05, 4.69) is 31.2 Å². The van der Waals surface area contributed by atoms with Crippen LogP contribution in [-0.2, 0) is 6.42 Å². The van der Waals surface area contributed by atoms with Crippen molar-refractivity contribution in [3.63, 3.8) is 0 Å². The Morgan fingerprint density at radius 3 is 2.56 bits per heavy atom. The molecular weight excluding hydrogens is 196 g/mol. The molecule has 1 atom stereocenters. The fourth-order valence-corrected chi connectivity index (χ4v) is 2.37. The lowest BCUT2D eigenvalue weighted by atomic mass is 9.86. The van der Waals surface area contributed by atoms with Crippen molar-refractivity contribution in [3.05, 3.63) is 47.2 Å². The second-order valence-electron chi connectivity index (χ2n) is 4.66. The third kappa shape index (κ3) is 2.66. The highest BCUT2D eigenvalue weighted by Crippen LogP contribution is 2.31. The zero-order valence-electron chi connectivity index (χ0n) is 9.95. The van der Waals surface area contributed by atoms with Crippen LogP contribution in [-0.4, -0.2) is 5.11 Å². The first-order valence-corrected chi connectivity index (χ1v) is 6.26. The topological polar surface area (TPSA) is 20.2 Å². The summed E-state index contributed by atoms with van der Waals surface area (Å²) in [4.78, 5) is 0. The van der Waals surface area contributed by atoms with Crippen molar-refractivity contribution in [3.8, 4) is 0 Å². The van der Waals surface area contributed by atoms with Gasteiger partial charge >= 0.3 is 0 Å². The normalized spacial score (nSPS) is 20.6. The minimum Gasteiger partial charge on any atom is -0.513 e. The molecule has 1 aromatic carbocycles. The van der Waals surface area contributed by atoms with Crippen LogP contribution in [0, 0.1) is 0 Å². The van der Waals surface area contributed by atoms with Crippen LogP contribution in [0.3, 0.4) is 0 Å². The summed E-state index contributed by atoms with van der Waals surface area (Å²) in [5.74, 6) is 1.17. The molecule has 16 heavy (non-hydrogen) atoms. The minimum absolute atomic E-state index is 0.568. The maximum Gasteiger partial charge on any atom is 0.0883 e. The number of aryl methyl sites for hydroxylation is 1. The lowest BCUT2D eigenvalue weighted by Crippen LogP contribution is -2.04. The Bertz CT molecular complexity index is 362. The summed E-state index contributed by atoms with van der Waals surface area (Å²) < 4.78 is 0. The molecular formula is C15H20O. The molecule has 0 saturated carbocycles. The molecule has 0 bridgehead atoms. The van der Waals surface area contributed by atoms with Crippen LogP contribution in [0.5, 0.6) is 0 Å². The van der Waals surface area contributed by atoms with Crippen LogP contribution in [0.4, 0.5) is 0 Å². The zero-order valence-corrected chi connectivity index (χ0v) is 9.95. The van der Waals surface area contributed by atoms with Crippen molar-refractivity contribution >= 4 is 0 Å². The largest absolute Gasteiger partial charge is 0.513 e. The summed E-state index contributed by atoms with van der Waals surface area (Å²) in [6.45, 7) is 2.21. The van der Waals surface area contributed by atoms with Gasteiger partial charge in [0.05, 0.1) is 5.76 Å². The first kappa shape index (κ1) is 11.3. The Hall–Kier alpha value is -1.24. The summed E-state index contributed by atoms with van der Waals surface area (Å²) in [6.07, 6.45) is 7.24. The van der Waals surface area contributed by atoms with Crippen LogP contribution in [0.2, 0.25) is 0 Å². The molecule has 0 spiro atoms. The van der Waals surface area contributed by atoms with Gasteiger partial charge in [0.15, 0.2) is 0 Å². The zero-order chi connectivity index (χ0) is 11.4. The average molecular weight is 216 g/mol. The van der Waals surface area contributed by atoms with Crippen LogP contribution < -0.4 is 0 Å². The van der Waals surface area contributed by atoms with E-state index in [0.29, 0.717) is 11.7 Å². The predicted molar refractivity (Wildman–Crippen MR) is 67.7 cm³/mol. The van der Waals surface area contributed by atoms with Gasteiger partial charge in [-0.3, -0.25) is 0 Å². The molecule has 0 saturated heterocycles. The quantitative estimate of drug-likeness (QED) is 0.796. The Morgan fingerprint density at radius 1 is 1.25 bits per heavy atom. The number of aliphatic hydroxyl groups is 1. The van der Waals surface area contributed by atoms with Gasteiger partial charge in [0.25, 0.3) is 0 Å². The van der Waals surface area contributed by atoms with Gasteiger partial charge in [-0.15, -0.1) is 0 Å². The molecule has 1 N–H and O–H groups in total. The Morgan fingerprint density at radius 2 is 2.00 bits per heavy atom. The molecule has 0 radical (unpaired) electrons. The molecule has 2 rings (SSSR count). The van der Waals surface area contributed by atoms with Gasteiger partial charge in [-0.25, -0.2) is 0 Å². The third-order valence-corrected chi connectivity index (χ3v) is 3.38. The van der Waals surface area contributed by atoms with E-state index in [-0.39, 0.29) is 0 Å². The van der Waals surface area contributed by atoms with Crippen LogP contribution in [0.25, 0.3) is 0 Å². The van der Waals surface area contributed by atoms with Gasteiger partial charge in [-0.2, -0.15) is 0 Å². The molecule has 0 amide bonds. The Labute approximate surface area is 97.8 Å². The van der Waals surface area contributed by atoms with E-state index in [0.717, 1.165) is 19.3 Å². The van der Waals surface area contributed by atoms with Crippen LogP contribution in [0.15, 0.2) is 36.1 Å². The standard InChI is InChI=1S/C15H20O/c1-2-3-12-4-6-13(7-5-12)14-8-10-15(16)11-9-14/h4-7,10,14,16H,2-3,8-9,11H2,1H3. The van der Waals surface area contributed by atoms with Crippen LogP contribution >= 0.6 is 0 Å². The van der Waals surface area contributed by atoms with Crippen molar-refractivity contribution in [2.24, 2.45) is 0 Å². The van der Waals surface area contributed by atoms with E-state index in [4.69, 9.17) is 0 Å². The lowest BCUT2D eigenvalue weighted by molar-refractivity contribution is 0.359. The number of rotatable bonds is 3. The highest BCUT2D eigenvalue weighted by molar-refractivity contribution is 5.27. The molecule has 1 aliphatic carbocycles. The Balaban J connectivity index is 2.04. The molecule has 0 heterocycles. The molecule has 0 aromatic heterocycles. The molecule has 1 aliphatic rings. The summed E-state index contributed by atoms with van der Waals surface area (Å²) in [5.41, 5.74) is 2.85. The third-order valence-electron chi connectivity index (χ3n) is 3.38. The number of hydrogen-bond acceptors (Lipinski definition) is 1. The van der Waals surface area contributed by atoms with Gasteiger partial charge < -0.3 is 5.11 Å². The molecule has 0 fully saturated rings. The van der Waals surface area contributed by atoms with E-state index >= 15 is 0 Å². The second-order valence-corrected chi connectivity index (χ2v) is 4.66. The first-order valence-electron chi connectivity index (χ1n) is 6.26. The van der Waals surface area contributed by atoms with E-state index in [1.165, 1.54) is 24.0 Å². The Kier molecular flexibility index (Phi) is 3.66. The first-order chi connectivity index (χ1) is 7.79. The fourth-order valence-electron chi connectivity index (χ4n) is 2.37. The van der Waals surface area contributed by atoms with Crippen molar-refractivity contribution in [2.45, 2.75) is 44.9 Å². The van der Waals surface area contributed by atoms with Crippen molar-refractivity contribution in [1.82, 2.24) is 0 Å². The molecule has 1 heteroatoms. The van der Waals surface area contributed by atoms with E-state index < -0.39 is 0 Å². The van der Waals surface area contributed by atoms with Gasteiger partial charge in [-0.1, -0.05) is 37.6 Å². The number of aliphatic hydroxyl groups excluding tert-OH is 1. The monoisotopic (exact) mass is 216 g/mol. The number of benzene rings is 1. The minimum atomic E-state index is 0.568. The van der Waals surface area contributed by atoms with Crippen molar-refractivity contribution < 1.29 is 5.11 Å². The lowest BCUT2D eigenvalue weighted by Gasteiger charge is -2.20. The molecule has 1 aromatic rings. The molecule has 1 unspecified atom stereocenters. The maximum absolute atomic E-state index is 9.35. The SMILES string of the molecule is CCCc1ccc(C2CC=C(O)CC2)cc1.